The van der Waals surface area contributed by atoms with Gasteiger partial charge < -0.3 is 29.7 Å². The smallest absolute Gasteiger partial charge is 0.410 e. The van der Waals surface area contributed by atoms with E-state index in [1.807, 2.05) is 31.2 Å². The van der Waals surface area contributed by atoms with E-state index in [1.165, 1.54) is 4.90 Å². The fourth-order valence-corrected chi connectivity index (χ4v) is 9.46. The first-order chi connectivity index (χ1) is 26.0. The van der Waals surface area contributed by atoms with Gasteiger partial charge in [0.25, 0.3) is 5.91 Å². The zero-order valence-electron chi connectivity index (χ0n) is 32.1. The molecule has 6 aliphatic rings. The van der Waals surface area contributed by atoms with Gasteiger partial charge in [-0.2, -0.15) is 0 Å². The fraction of sp³-hybridized carbons (Fsp3) is 0.667. The van der Waals surface area contributed by atoms with Crippen molar-refractivity contribution in [3.05, 3.63) is 41.5 Å². The average molecular weight is 784 g/mol. The lowest BCUT2D eigenvalue weighted by molar-refractivity contribution is -0.143. The molecule has 3 aliphatic heterocycles. The van der Waals surface area contributed by atoms with E-state index >= 15 is 0 Å². The van der Waals surface area contributed by atoms with Crippen molar-refractivity contribution in [3.8, 4) is 5.75 Å². The van der Waals surface area contributed by atoms with Crippen LogP contribution in [0, 0.1) is 16.7 Å². The second-order valence-electron chi connectivity index (χ2n) is 17.3. The number of hydrogen-bond acceptors (Lipinski definition) is 10. The number of benzene rings is 1. The molecule has 3 aliphatic carbocycles. The van der Waals surface area contributed by atoms with Crippen LogP contribution in [0.1, 0.15) is 96.6 Å². The van der Waals surface area contributed by atoms with Crippen molar-refractivity contribution in [1.82, 2.24) is 25.2 Å². The van der Waals surface area contributed by atoms with Crippen LogP contribution in [-0.2, 0) is 47.0 Å². The highest BCUT2D eigenvalue weighted by molar-refractivity contribution is 7.91. The molecule has 0 radical (unpaired) electrons. The van der Waals surface area contributed by atoms with Gasteiger partial charge in [0.05, 0.1) is 24.9 Å². The number of hydrogen-bond donors (Lipinski definition) is 3. The Balaban J connectivity index is 1.15. The Hall–Kier alpha value is -4.34. The number of nitrogens with one attached hydrogen (secondary N) is 3. The predicted molar refractivity (Wildman–Crippen MR) is 199 cm³/mol. The molecule has 5 atom stereocenters. The summed E-state index contributed by atoms with van der Waals surface area (Å²) < 4.78 is 45.4. The topological polar surface area (TPSA) is 190 Å². The number of carbonyl (C=O) groups is 5. The summed E-state index contributed by atoms with van der Waals surface area (Å²) >= 11 is 0. The number of rotatable bonds is 6. The minimum atomic E-state index is -3.89. The molecule has 16 heteroatoms. The van der Waals surface area contributed by atoms with Gasteiger partial charge in [0.2, 0.25) is 21.8 Å². The van der Waals surface area contributed by atoms with Gasteiger partial charge in [-0.25, -0.2) is 18.0 Å². The number of fused-ring (bicyclic) bond motifs is 3. The Morgan fingerprint density at radius 1 is 1.04 bits per heavy atom. The number of sulfonamides is 1. The summed E-state index contributed by atoms with van der Waals surface area (Å²) in [7, 11) is -3.89. The predicted octanol–water partition coefficient (Wildman–Crippen LogP) is 3.65. The third kappa shape index (κ3) is 8.29. The van der Waals surface area contributed by atoms with Crippen molar-refractivity contribution in [1.29, 1.82) is 0 Å². The van der Waals surface area contributed by atoms with Gasteiger partial charge in [0.1, 0.15) is 36.1 Å². The van der Waals surface area contributed by atoms with Gasteiger partial charge in [-0.05, 0) is 67.9 Å². The molecule has 4 bridgehead atoms. The Kier molecular flexibility index (Phi) is 10.3. The zero-order valence-corrected chi connectivity index (χ0v) is 32.9. The highest BCUT2D eigenvalue weighted by Crippen LogP contribution is 2.50. The molecule has 15 nitrogen and oxygen atoms in total. The third-order valence-electron chi connectivity index (χ3n) is 12.0. The van der Waals surface area contributed by atoms with E-state index < -0.39 is 74.3 Å². The van der Waals surface area contributed by atoms with Crippen molar-refractivity contribution < 1.29 is 46.6 Å². The lowest BCUT2D eigenvalue weighted by atomic mass is 9.85. The van der Waals surface area contributed by atoms with Crippen LogP contribution in [0.3, 0.4) is 0 Å². The summed E-state index contributed by atoms with van der Waals surface area (Å²) in [4.78, 5) is 72.2. The molecular weight excluding hydrogens is 731 g/mol. The summed E-state index contributed by atoms with van der Waals surface area (Å²) in [6, 6.07) is 3.36. The lowest BCUT2D eigenvalue weighted by Gasteiger charge is -2.35. The molecule has 7 rings (SSSR count). The molecule has 1 aromatic carbocycles. The SMILES string of the molecule is CC[C@H]1C[C@@]1(NC(=O)C1C[C@@H]2CN1C(=O)[C@H](C(C)(C)C)NC(=O)OCC1(CCC=CCOc3cccc4c3CN(C4)C(=O)O2)CC1)C(=O)NS(=O)(=O)C1CC1. The first-order valence-electron chi connectivity index (χ1n) is 19.5. The van der Waals surface area contributed by atoms with Crippen LogP contribution in [0.4, 0.5) is 9.59 Å². The highest BCUT2D eigenvalue weighted by atomic mass is 32.2. The van der Waals surface area contributed by atoms with Gasteiger partial charge in [-0.1, -0.05) is 58.4 Å². The maximum absolute atomic E-state index is 14.6. The van der Waals surface area contributed by atoms with Crippen molar-refractivity contribution in [2.24, 2.45) is 16.7 Å². The normalized spacial score (nSPS) is 29.6. The second-order valence-corrected chi connectivity index (χ2v) is 19.2. The van der Waals surface area contributed by atoms with Crippen molar-refractivity contribution >= 4 is 39.9 Å². The number of ether oxygens (including phenoxy) is 3. The Morgan fingerprint density at radius 3 is 2.47 bits per heavy atom. The number of alkyl carbamates (subject to hydrolysis) is 1. The largest absolute Gasteiger partial charge is 0.489 e. The molecule has 300 valence electrons. The van der Waals surface area contributed by atoms with Crippen molar-refractivity contribution in [3.63, 3.8) is 0 Å². The zero-order chi connectivity index (χ0) is 39.3. The number of cyclic esters (lactones) is 1. The summed E-state index contributed by atoms with van der Waals surface area (Å²) in [6.45, 7) is 8.17. The van der Waals surface area contributed by atoms with Gasteiger partial charge in [-0.15, -0.1) is 0 Å². The first-order valence-corrected chi connectivity index (χ1v) is 21.0. The van der Waals surface area contributed by atoms with E-state index in [4.69, 9.17) is 14.2 Å². The van der Waals surface area contributed by atoms with Crippen molar-refractivity contribution in [2.75, 3.05) is 19.8 Å². The van der Waals surface area contributed by atoms with E-state index in [1.54, 1.807) is 25.7 Å². The number of allylic oxidation sites excluding steroid dienone is 1. The van der Waals surface area contributed by atoms with Crippen LogP contribution >= 0.6 is 0 Å². The van der Waals surface area contributed by atoms with E-state index in [0.29, 0.717) is 38.2 Å². The van der Waals surface area contributed by atoms with Gasteiger partial charge >= 0.3 is 12.2 Å². The third-order valence-corrected chi connectivity index (χ3v) is 13.9. The quantitative estimate of drug-likeness (QED) is 0.359. The minimum Gasteiger partial charge on any atom is -0.489 e. The molecular formula is C39H53N5O10S. The second kappa shape index (κ2) is 14.6. The summed E-state index contributed by atoms with van der Waals surface area (Å²) in [6.07, 6.45) is 6.78. The Morgan fingerprint density at radius 2 is 1.80 bits per heavy atom. The molecule has 4 fully saturated rings. The molecule has 1 aromatic rings. The van der Waals surface area contributed by atoms with Crippen LogP contribution in [0.5, 0.6) is 5.75 Å². The van der Waals surface area contributed by atoms with E-state index in [2.05, 4.69) is 21.4 Å². The van der Waals surface area contributed by atoms with Gasteiger partial charge in [0, 0.05) is 23.9 Å². The van der Waals surface area contributed by atoms with E-state index in [0.717, 1.165) is 36.8 Å². The first kappa shape index (κ1) is 38.9. The molecule has 5 amide bonds. The monoisotopic (exact) mass is 783 g/mol. The molecule has 3 heterocycles. The van der Waals surface area contributed by atoms with Crippen molar-refractivity contribution in [2.45, 2.75) is 128 Å². The standard InChI is InChI=1S/C39H53N5O10S/c1-5-25-19-39(25,34(47)42-55(50,51)27-12-13-27)41-32(45)29-18-26-21-44(29)33(46)31(37(2,3)4)40-35(48)53-23-38(15-16-38)14-7-6-8-17-52-30-11-9-10-24-20-43(22-28(24)30)36(49)54-26/h6,8-11,25-27,29,31H,5,7,12-23H2,1-4H3,(H,40,48)(H,41,45)(H,42,47)/t25-,26+,29?,31+,39-/m0/s1. The fourth-order valence-electron chi connectivity index (χ4n) is 8.09. The highest BCUT2D eigenvalue weighted by Gasteiger charge is 2.62. The molecule has 1 spiro atoms. The molecule has 0 aromatic heterocycles. The molecule has 3 saturated carbocycles. The van der Waals surface area contributed by atoms with Gasteiger partial charge in [-0.3, -0.25) is 24.0 Å². The summed E-state index contributed by atoms with van der Waals surface area (Å²) in [5.41, 5.74) is -0.613. The molecule has 55 heavy (non-hydrogen) atoms. The maximum Gasteiger partial charge on any atom is 0.410 e. The van der Waals surface area contributed by atoms with Crippen LogP contribution in [0.2, 0.25) is 0 Å². The molecule has 3 N–H and O–H groups in total. The lowest BCUT2D eigenvalue weighted by Crippen LogP contribution is -2.60. The summed E-state index contributed by atoms with van der Waals surface area (Å²) in [5.74, 6) is -1.70. The average Bonchev–Trinajstić information content (AvgIpc) is 4.08. The molecule has 1 saturated heterocycles. The van der Waals surface area contributed by atoms with E-state index in [9.17, 15) is 32.4 Å². The van der Waals surface area contributed by atoms with E-state index in [-0.39, 0.29) is 43.9 Å². The van der Waals surface area contributed by atoms with Gasteiger partial charge in [0.15, 0.2) is 0 Å². The van der Waals surface area contributed by atoms with Crippen LogP contribution in [0.15, 0.2) is 30.4 Å². The van der Waals surface area contributed by atoms with Crippen LogP contribution < -0.4 is 20.1 Å². The summed E-state index contributed by atoms with van der Waals surface area (Å²) in [5, 5.41) is 4.95. The Bertz CT molecular complexity index is 1870. The Labute approximate surface area is 322 Å². The molecule has 1 unspecified atom stereocenters. The van der Waals surface area contributed by atoms with Crippen LogP contribution in [0.25, 0.3) is 0 Å². The number of carbonyl (C=O) groups excluding carboxylic acids is 5. The number of amides is 5. The number of nitrogens with zero attached hydrogens (tertiary/aromatic N) is 2. The minimum absolute atomic E-state index is 0.0799. The van der Waals surface area contributed by atoms with Crippen LogP contribution in [-0.4, -0.2) is 96.9 Å². The maximum atomic E-state index is 14.6.